The number of carbonyl (C=O) groups excluding carboxylic acids is 2. The lowest BCUT2D eigenvalue weighted by molar-refractivity contribution is -0.213. The molecule has 1 fully saturated rings. The first-order valence-corrected chi connectivity index (χ1v) is 29.0. The van der Waals surface area contributed by atoms with Crippen molar-refractivity contribution in [2.24, 2.45) is 0 Å². The molecule has 19 nitrogen and oxygen atoms in total. The molecule has 0 bridgehead atoms. The van der Waals surface area contributed by atoms with Crippen LogP contribution in [-0.2, 0) is 50.9 Å². The molecule has 0 aliphatic heterocycles. The largest absolute Gasteiger partial charge is 0.472 e. The van der Waals surface area contributed by atoms with Crippen LogP contribution in [-0.4, -0.2) is 108 Å². The van der Waals surface area contributed by atoms with Gasteiger partial charge in [-0.3, -0.25) is 27.7 Å². The summed E-state index contributed by atoms with van der Waals surface area (Å²) >= 11 is 0. The van der Waals surface area contributed by atoms with Crippen LogP contribution in [0.15, 0.2) is 48.6 Å². The zero-order valence-corrected chi connectivity index (χ0v) is 42.8. The molecule has 0 radical (unpaired) electrons. The van der Waals surface area contributed by atoms with E-state index in [0.29, 0.717) is 25.7 Å². The molecule has 0 aromatic heterocycles. The number of phosphoric acid groups is 3. The number of hydrogen-bond donors (Lipinski definition) is 8. The van der Waals surface area contributed by atoms with Crippen LogP contribution in [0.4, 0.5) is 0 Å². The van der Waals surface area contributed by atoms with Gasteiger partial charge in [0.1, 0.15) is 43.2 Å². The lowest BCUT2D eigenvalue weighted by Crippen LogP contribution is -2.65. The Balaban J connectivity index is 2.76. The van der Waals surface area contributed by atoms with Crippen molar-refractivity contribution in [2.75, 3.05) is 13.2 Å². The SMILES string of the molecule is CCCCC/C=C\C/C=C\C/C=C\C/C=C\CCCC(=O)O[C@H](COC(=O)CCCCCCCCCCCCCCCC)COP(=O)(O)O[C@H]1C(O)C(O)C(OP(=O)(O)O)[C@@H](OP(=O)(O)O)C1O. The van der Waals surface area contributed by atoms with Crippen LogP contribution in [0.3, 0.4) is 0 Å². The molecule has 396 valence electrons. The molecule has 8 atom stereocenters. The van der Waals surface area contributed by atoms with Crippen molar-refractivity contribution in [3.8, 4) is 0 Å². The number of hydrogen-bond acceptors (Lipinski definition) is 14. The minimum atomic E-state index is -5.61. The highest BCUT2D eigenvalue weighted by atomic mass is 31.2. The van der Waals surface area contributed by atoms with E-state index in [1.807, 2.05) is 18.2 Å². The third kappa shape index (κ3) is 33.7. The van der Waals surface area contributed by atoms with E-state index in [1.165, 1.54) is 77.0 Å². The number of esters is 2. The van der Waals surface area contributed by atoms with E-state index < -0.39 is 91.3 Å². The second-order valence-electron chi connectivity index (χ2n) is 17.0. The Morgan fingerprint density at radius 3 is 1.35 bits per heavy atom. The smallest absolute Gasteiger partial charge is 0.462 e. The minimum Gasteiger partial charge on any atom is -0.462 e. The van der Waals surface area contributed by atoms with E-state index in [1.54, 1.807) is 0 Å². The maximum absolute atomic E-state index is 13.1. The van der Waals surface area contributed by atoms with Gasteiger partial charge in [0.05, 0.1) is 6.61 Å². The molecule has 0 saturated heterocycles. The summed E-state index contributed by atoms with van der Waals surface area (Å²) in [7, 11) is -16.6. The summed E-state index contributed by atoms with van der Waals surface area (Å²) in [5.74, 6) is -1.36. The highest BCUT2D eigenvalue weighted by molar-refractivity contribution is 7.47. The first kappa shape index (κ1) is 64.1. The van der Waals surface area contributed by atoms with Crippen molar-refractivity contribution < 1.29 is 90.6 Å². The highest BCUT2D eigenvalue weighted by Gasteiger charge is 2.56. The average Bonchev–Trinajstić information content (AvgIpc) is 3.27. The van der Waals surface area contributed by atoms with Gasteiger partial charge in [0.25, 0.3) is 0 Å². The van der Waals surface area contributed by atoms with Gasteiger partial charge in [-0.05, 0) is 51.4 Å². The number of phosphoric ester groups is 3. The van der Waals surface area contributed by atoms with Crippen molar-refractivity contribution in [1.29, 1.82) is 0 Å². The van der Waals surface area contributed by atoms with Crippen LogP contribution < -0.4 is 0 Å². The van der Waals surface area contributed by atoms with Crippen LogP contribution in [0.25, 0.3) is 0 Å². The standard InChI is InChI=1S/C46H83O19P3/c1-3-5-7-9-11-13-15-17-19-20-21-23-25-27-29-31-33-35-40(48)62-38(36-60-39(47)34-32-30-28-26-24-22-18-16-14-12-10-8-6-4-2)37-61-68(58,59)65-44-41(49)42(50)45(63-66(52,53)54)46(43(44)51)64-67(55,56)57/h11,13,17,19,21,23,27,29,38,41-46,49-51H,3-10,12,14-16,18,20,22,24-26,28,30-37H2,1-2H3,(H,58,59)(H2,52,53,54)(H2,55,56,57)/b13-11-,19-17-,23-21-,29-27-/t38-,41?,42?,43?,44+,45?,46+/m1/s1. The Morgan fingerprint density at radius 2 is 0.868 bits per heavy atom. The van der Waals surface area contributed by atoms with Gasteiger partial charge in [-0.25, -0.2) is 13.7 Å². The summed E-state index contributed by atoms with van der Waals surface area (Å²) in [5, 5.41) is 31.9. The molecule has 68 heavy (non-hydrogen) atoms. The second-order valence-corrected chi connectivity index (χ2v) is 20.8. The van der Waals surface area contributed by atoms with Crippen molar-refractivity contribution >= 4 is 35.4 Å². The molecule has 1 aliphatic carbocycles. The summed E-state index contributed by atoms with van der Waals surface area (Å²) in [5.41, 5.74) is 0. The van der Waals surface area contributed by atoms with Crippen LogP contribution in [0.2, 0.25) is 0 Å². The summed E-state index contributed by atoms with van der Waals surface area (Å²) < 4.78 is 65.4. The van der Waals surface area contributed by atoms with Crippen molar-refractivity contribution in [3.05, 3.63) is 48.6 Å². The molecule has 5 unspecified atom stereocenters. The molecule has 0 spiro atoms. The van der Waals surface area contributed by atoms with Gasteiger partial charge in [-0.1, -0.05) is 159 Å². The summed E-state index contributed by atoms with van der Waals surface area (Å²) in [6.07, 6.45) is 24.2. The maximum atomic E-state index is 13.1. The summed E-state index contributed by atoms with van der Waals surface area (Å²) in [6, 6.07) is 0. The van der Waals surface area contributed by atoms with E-state index >= 15 is 0 Å². The van der Waals surface area contributed by atoms with Crippen LogP contribution in [0, 0.1) is 0 Å². The first-order valence-electron chi connectivity index (χ1n) is 24.4. The topological polar surface area (TPSA) is 303 Å². The average molecular weight is 1030 g/mol. The number of aliphatic hydroxyl groups excluding tert-OH is 3. The summed E-state index contributed by atoms with van der Waals surface area (Å²) in [6.45, 7) is 2.88. The molecule has 0 heterocycles. The van der Waals surface area contributed by atoms with Gasteiger partial charge in [0.2, 0.25) is 0 Å². The Labute approximate surface area is 403 Å². The van der Waals surface area contributed by atoms with E-state index in [9.17, 15) is 63.1 Å². The number of aliphatic hydroxyl groups is 3. The van der Waals surface area contributed by atoms with Crippen molar-refractivity contribution in [1.82, 2.24) is 0 Å². The monoisotopic (exact) mass is 1030 g/mol. The third-order valence-electron chi connectivity index (χ3n) is 10.9. The molecule has 0 aromatic carbocycles. The fourth-order valence-corrected chi connectivity index (χ4v) is 9.32. The molecule has 1 rings (SSSR count). The highest BCUT2D eigenvalue weighted by Crippen LogP contribution is 2.51. The van der Waals surface area contributed by atoms with E-state index in [0.717, 1.165) is 44.9 Å². The molecule has 1 aliphatic rings. The van der Waals surface area contributed by atoms with Crippen molar-refractivity contribution in [2.45, 2.75) is 217 Å². The molecular formula is C46H83O19P3. The third-order valence-corrected chi connectivity index (χ3v) is 12.9. The lowest BCUT2D eigenvalue weighted by Gasteiger charge is -2.44. The lowest BCUT2D eigenvalue weighted by atomic mass is 9.85. The Morgan fingerprint density at radius 1 is 0.471 bits per heavy atom. The quantitative estimate of drug-likeness (QED) is 0.0123. The number of unbranched alkanes of at least 4 members (excludes halogenated alkanes) is 17. The molecular weight excluding hydrogens is 949 g/mol. The van der Waals surface area contributed by atoms with Crippen molar-refractivity contribution in [3.63, 3.8) is 0 Å². The number of carbonyl (C=O) groups is 2. The van der Waals surface area contributed by atoms with Gasteiger partial charge >= 0.3 is 35.4 Å². The van der Waals surface area contributed by atoms with Crippen LogP contribution in [0.5, 0.6) is 0 Å². The number of ether oxygens (including phenoxy) is 2. The summed E-state index contributed by atoms with van der Waals surface area (Å²) in [4.78, 5) is 73.2. The van der Waals surface area contributed by atoms with E-state index in [-0.39, 0.29) is 12.8 Å². The molecule has 1 saturated carbocycles. The number of rotatable bonds is 41. The van der Waals surface area contributed by atoms with Gasteiger partial charge in [0, 0.05) is 12.8 Å². The van der Waals surface area contributed by atoms with Gasteiger partial charge in [-0.2, -0.15) is 0 Å². The van der Waals surface area contributed by atoms with Gasteiger partial charge in [-0.15, -0.1) is 0 Å². The maximum Gasteiger partial charge on any atom is 0.472 e. The predicted octanol–water partition coefficient (Wildman–Crippen LogP) is 9.01. The normalized spacial score (nSPS) is 21.9. The number of allylic oxidation sites excluding steroid dienone is 8. The zero-order valence-electron chi connectivity index (χ0n) is 40.2. The zero-order chi connectivity index (χ0) is 50.7. The van der Waals surface area contributed by atoms with Crippen LogP contribution >= 0.6 is 23.5 Å². The molecule has 0 amide bonds. The second kappa shape index (κ2) is 37.8. The molecule has 22 heteroatoms. The predicted molar refractivity (Wildman–Crippen MR) is 257 cm³/mol. The fourth-order valence-electron chi connectivity index (χ4n) is 7.22. The first-order chi connectivity index (χ1) is 32.3. The molecule has 8 N–H and O–H groups in total. The van der Waals surface area contributed by atoms with Gasteiger partial charge in [0.15, 0.2) is 6.10 Å². The molecule has 0 aromatic rings. The van der Waals surface area contributed by atoms with Crippen LogP contribution in [0.1, 0.15) is 174 Å². The Hall–Kier alpha value is -1.89. The van der Waals surface area contributed by atoms with Gasteiger partial charge < -0.3 is 49.3 Å². The fraction of sp³-hybridized carbons (Fsp3) is 0.783. The Bertz CT molecular complexity index is 1610. The van der Waals surface area contributed by atoms with E-state index in [4.69, 9.17) is 18.5 Å². The Kier molecular flexibility index (Phi) is 35.7. The van der Waals surface area contributed by atoms with E-state index in [2.05, 4.69) is 53.3 Å². The minimum absolute atomic E-state index is 0.0700.